The van der Waals surface area contributed by atoms with Gasteiger partial charge in [-0.3, -0.25) is 4.79 Å². The number of thiophene rings is 1. The summed E-state index contributed by atoms with van der Waals surface area (Å²) in [6.45, 7) is 1.90. The van der Waals surface area contributed by atoms with Gasteiger partial charge in [0, 0.05) is 6.04 Å². The van der Waals surface area contributed by atoms with E-state index >= 15 is 0 Å². The number of nitrogens with one attached hydrogen (secondary N) is 2. The van der Waals surface area contributed by atoms with Crippen LogP contribution >= 0.6 is 11.3 Å². The van der Waals surface area contributed by atoms with Crippen LogP contribution in [0.1, 0.15) is 57.4 Å². The Bertz CT molecular complexity index is 498. The Morgan fingerprint density at radius 1 is 1.33 bits per heavy atom. The fourth-order valence-electron chi connectivity index (χ4n) is 2.77. The average molecular weight is 305 g/mol. The molecule has 4 nitrogen and oxygen atoms in total. The van der Waals surface area contributed by atoms with E-state index in [-0.39, 0.29) is 11.9 Å². The third-order valence-electron chi connectivity index (χ3n) is 4.01. The highest BCUT2D eigenvalue weighted by atomic mass is 32.1. The molecule has 1 saturated carbocycles. The Morgan fingerprint density at radius 2 is 2.00 bits per heavy atom. The summed E-state index contributed by atoms with van der Waals surface area (Å²) >= 11 is 1.39. The lowest BCUT2D eigenvalue weighted by atomic mass is 9.96. The maximum Gasteiger partial charge on any atom is 0.241 e. The van der Waals surface area contributed by atoms with E-state index in [4.69, 9.17) is 5.26 Å². The van der Waals surface area contributed by atoms with Gasteiger partial charge in [-0.05, 0) is 31.2 Å². The molecule has 2 rings (SSSR count). The second-order valence-electron chi connectivity index (χ2n) is 5.69. The quantitative estimate of drug-likeness (QED) is 0.892. The molecule has 0 radical (unpaired) electrons. The molecule has 0 unspecified atom stereocenters. The van der Waals surface area contributed by atoms with E-state index in [2.05, 4.69) is 16.7 Å². The Labute approximate surface area is 130 Å². The molecule has 1 amide bonds. The summed E-state index contributed by atoms with van der Waals surface area (Å²) in [5.41, 5.74) is 0.534. The molecule has 1 aliphatic carbocycles. The van der Waals surface area contributed by atoms with Gasteiger partial charge in [-0.1, -0.05) is 32.1 Å². The molecule has 0 saturated heterocycles. The van der Waals surface area contributed by atoms with E-state index < -0.39 is 0 Å². The fraction of sp³-hybridized carbons (Fsp3) is 0.625. The minimum absolute atomic E-state index is 0.0593. The Hall–Kier alpha value is -1.38. The predicted molar refractivity (Wildman–Crippen MR) is 86.4 cm³/mol. The van der Waals surface area contributed by atoms with Crippen molar-refractivity contribution in [2.45, 2.75) is 64.0 Å². The minimum Gasteiger partial charge on any atom is -0.315 e. The van der Waals surface area contributed by atoms with Crippen LogP contribution in [0.15, 0.2) is 11.4 Å². The van der Waals surface area contributed by atoms with Crippen LogP contribution in [0, 0.1) is 11.3 Å². The zero-order chi connectivity index (χ0) is 15.1. The van der Waals surface area contributed by atoms with Crippen LogP contribution in [0.25, 0.3) is 0 Å². The zero-order valence-corrected chi connectivity index (χ0v) is 13.3. The van der Waals surface area contributed by atoms with Crippen LogP contribution in [-0.2, 0) is 4.79 Å². The Morgan fingerprint density at radius 3 is 2.67 bits per heavy atom. The monoisotopic (exact) mass is 305 g/mol. The van der Waals surface area contributed by atoms with Crippen molar-refractivity contribution in [1.29, 1.82) is 5.26 Å². The topological polar surface area (TPSA) is 64.9 Å². The number of hydrogen-bond donors (Lipinski definition) is 2. The largest absolute Gasteiger partial charge is 0.315 e. The van der Waals surface area contributed by atoms with Crippen molar-refractivity contribution < 1.29 is 4.79 Å². The minimum atomic E-state index is -0.233. The highest BCUT2D eigenvalue weighted by molar-refractivity contribution is 7.14. The molecule has 114 valence electrons. The Kier molecular flexibility index (Phi) is 6.21. The van der Waals surface area contributed by atoms with Crippen molar-refractivity contribution in [3.05, 3.63) is 17.0 Å². The summed E-state index contributed by atoms with van der Waals surface area (Å²) in [5.74, 6) is -0.0593. The highest BCUT2D eigenvalue weighted by Gasteiger charge is 2.19. The van der Waals surface area contributed by atoms with Gasteiger partial charge in [-0.15, -0.1) is 11.3 Å². The molecule has 0 aliphatic heterocycles. The summed E-state index contributed by atoms with van der Waals surface area (Å²) in [7, 11) is 0. The van der Waals surface area contributed by atoms with Gasteiger partial charge < -0.3 is 10.6 Å². The van der Waals surface area contributed by atoms with E-state index in [1.165, 1.54) is 43.4 Å². The molecular formula is C16H23N3OS. The van der Waals surface area contributed by atoms with Gasteiger partial charge in [0.1, 0.15) is 11.1 Å². The van der Waals surface area contributed by atoms with Gasteiger partial charge in [0.15, 0.2) is 0 Å². The van der Waals surface area contributed by atoms with Crippen LogP contribution in [-0.4, -0.2) is 18.0 Å². The number of amides is 1. The molecule has 1 aromatic heterocycles. The van der Waals surface area contributed by atoms with Crippen LogP contribution in [0.4, 0.5) is 5.00 Å². The normalized spacial score (nSPS) is 18.3. The summed E-state index contributed by atoms with van der Waals surface area (Å²) in [6, 6.07) is 4.02. The van der Waals surface area contributed by atoms with Crippen LogP contribution in [0.5, 0.6) is 0 Å². The summed E-state index contributed by atoms with van der Waals surface area (Å²) in [4.78, 5) is 12.2. The van der Waals surface area contributed by atoms with Gasteiger partial charge in [-0.25, -0.2) is 0 Å². The molecule has 1 atom stereocenters. The number of anilines is 1. The predicted octanol–water partition coefficient (Wildman–Crippen LogP) is 3.65. The van der Waals surface area contributed by atoms with Crippen molar-refractivity contribution in [3.63, 3.8) is 0 Å². The standard InChI is InChI=1S/C16H23N3OS/c1-12(18-14-7-5-3-2-4-6-8-14)15(20)19-16-13(11-17)9-10-21-16/h9-10,12,14,18H,2-8H2,1H3,(H,19,20)/t12-/m0/s1. The van der Waals surface area contributed by atoms with Crippen LogP contribution in [0.2, 0.25) is 0 Å². The van der Waals surface area contributed by atoms with E-state index in [1.807, 2.05) is 12.3 Å². The van der Waals surface area contributed by atoms with Gasteiger partial charge >= 0.3 is 0 Å². The molecular weight excluding hydrogens is 282 g/mol. The maximum atomic E-state index is 12.2. The average Bonchev–Trinajstić information content (AvgIpc) is 2.88. The second kappa shape index (κ2) is 8.16. The third-order valence-corrected chi connectivity index (χ3v) is 4.84. The number of carbonyl (C=O) groups excluding carboxylic acids is 1. The van der Waals surface area contributed by atoms with Gasteiger partial charge in [0.2, 0.25) is 5.91 Å². The lowest BCUT2D eigenvalue weighted by molar-refractivity contribution is -0.118. The molecule has 1 aromatic rings. The summed E-state index contributed by atoms with van der Waals surface area (Å²) < 4.78 is 0. The van der Waals surface area contributed by atoms with Crippen molar-refractivity contribution >= 4 is 22.2 Å². The SMILES string of the molecule is C[C@H](NC1CCCCCCC1)C(=O)Nc1sccc1C#N. The van der Waals surface area contributed by atoms with Crippen molar-refractivity contribution in [1.82, 2.24) is 5.32 Å². The molecule has 2 N–H and O–H groups in total. The smallest absolute Gasteiger partial charge is 0.241 e. The number of hydrogen-bond acceptors (Lipinski definition) is 4. The van der Waals surface area contributed by atoms with Gasteiger partial charge in [-0.2, -0.15) is 5.26 Å². The molecule has 0 spiro atoms. The van der Waals surface area contributed by atoms with Gasteiger partial charge in [0.25, 0.3) is 0 Å². The van der Waals surface area contributed by atoms with Crippen molar-refractivity contribution in [2.24, 2.45) is 0 Å². The second-order valence-corrected chi connectivity index (χ2v) is 6.61. The molecule has 0 bridgehead atoms. The molecule has 1 fully saturated rings. The molecule has 0 aromatic carbocycles. The first-order valence-corrected chi connectivity index (χ1v) is 8.63. The lowest BCUT2D eigenvalue weighted by Crippen LogP contribution is -2.44. The van der Waals surface area contributed by atoms with Crippen LogP contribution in [0.3, 0.4) is 0 Å². The first-order valence-electron chi connectivity index (χ1n) is 7.75. The molecule has 1 heterocycles. The van der Waals surface area contributed by atoms with Crippen molar-refractivity contribution in [3.8, 4) is 6.07 Å². The van der Waals surface area contributed by atoms with Gasteiger partial charge in [0.05, 0.1) is 11.6 Å². The van der Waals surface area contributed by atoms with E-state index in [9.17, 15) is 4.79 Å². The molecule has 21 heavy (non-hydrogen) atoms. The Balaban J connectivity index is 1.85. The number of rotatable bonds is 4. The van der Waals surface area contributed by atoms with Crippen LogP contribution < -0.4 is 10.6 Å². The lowest BCUT2D eigenvalue weighted by Gasteiger charge is -2.24. The highest BCUT2D eigenvalue weighted by Crippen LogP contribution is 2.22. The van der Waals surface area contributed by atoms with Crippen molar-refractivity contribution in [2.75, 3.05) is 5.32 Å². The number of nitriles is 1. The maximum absolute atomic E-state index is 12.2. The first kappa shape index (κ1) is 16.0. The third kappa shape index (κ3) is 4.83. The summed E-state index contributed by atoms with van der Waals surface area (Å²) in [6.07, 6.45) is 8.75. The van der Waals surface area contributed by atoms with E-state index in [0.717, 1.165) is 12.8 Å². The summed E-state index contributed by atoms with van der Waals surface area (Å²) in [5, 5.41) is 17.7. The molecule has 1 aliphatic rings. The van der Waals surface area contributed by atoms with E-state index in [1.54, 1.807) is 6.07 Å². The first-order chi connectivity index (χ1) is 10.2. The zero-order valence-electron chi connectivity index (χ0n) is 12.5. The number of nitrogens with zero attached hydrogens (tertiary/aromatic N) is 1. The van der Waals surface area contributed by atoms with E-state index in [0.29, 0.717) is 16.6 Å². The fourth-order valence-corrected chi connectivity index (χ4v) is 3.51. The molecule has 5 heteroatoms. The number of carbonyl (C=O) groups is 1.